The van der Waals surface area contributed by atoms with Gasteiger partial charge in [-0.05, 0) is 37.3 Å². The number of ether oxygens (including phenoxy) is 2. The molecule has 0 radical (unpaired) electrons. The summed E-state index contributed by atoms with van der Waals surface area (Å²) in [6.45, 7) is 1.99. The van der Waals surface area contributed by atoms with Gasteiger partial charge in [0, 0.05) is 24.7 Å². The van der Waals surface area contributed by atoms with Crippen LogP contribution < -0.4 is 19.7 Å². The van der Waals surface area contributed by atoms with Gasteiger partial charge >= 0.3 is 0 Å². The molecule has 2 amide bonds. The number of halogens is 1. The van der Waals surface area contributed by atoms with E-state index < -0.39 is 15.6 Å². The second-order valence-electron chi connectivity index (χ2n) is 6.52. The number of hydrogen-bond acceptors (Lipinski definition) is 6. The Balaban J connectivity index is 1.75. The highest BCUT2D eigenvalue weighted by Crippen LogP contribution is 2.36. The number of hydrogen-bond donors (Lipinski definition) is 1. The van der Waals surface area contributed by atoms with Crippen LogP contribution in [0.5, 0.6) is 11.5 Å². The number of carbonyl (C=O) groups is 2. The summed E-state index contributed by atoms with van der Waals surface area (Å²) in [6.07, 6.45) is -0.215. The van der Waals surface area contributed by atoms with Crippen molar-refractivity contribution < 1.29 is 27.5 Å². The summed E-state index contributed by atoms with van der Waals surface area (Å²) in [7, 11) is -2.31. The van der Waals surface area contributed by atoms with Gasteiger partial charge in [0.25, 0.3) is 5.91 Å². The van der Waals surface area contributed by atoms with Crippen molar-refractivity contribution in [1.82, 2.24) is 0 Å². The van der Waals surface area contributed by atoms with Crippen LogP contribution in [-0.2, 0) is 19.4 Å². The van der Waals surface area contributed by atoms with Crippen molar-refractivity contribution in [3.63, 3.8) is 0 Å². The Morgan fingerprint density at radius 2 is 1.97 bits per heavy atom. The molecule has 0 spiro atoms. The Morgan fingerprint density at radius 1 is 1.27 bits per heavy atom. The Hall–Kier alpha value is -2.78. The van der Waals surface area contributed by atoms with Gasteiger partial charge in [-0.2, -0.15) is 0 Å². The van der Waals surface area contributed by atoms with E-state index in [1.807, 2.05) is 6.92 Å². The van der Waals surface area contributed by atoms with E-state index >= 15 is 0 Å². The average Bonchev–Trinajstić information content (AvgIpc) is 2.72. The maximum atomic E-state index is 12.8. The molecular formula is C20H21ClN2O6S. The molecule has 0 fully saturated rings. The molecule has 0 saturated heterocycles. The molecule has 3 rings (SSSR count). The zero-order valence-corrected chi connectivity index (χ0v) is 18.0. The number of anilines is 2. The minimum Gasteiger partial charge on any atom is -0.497 e. The van der Waals surface area contributed by atoms with Crippen LogP contribution in [0.2, 0.25) is 5.02 Å². The fraction of sp³-hybridized carbons (Fsp3) is 0.300. The summed E-state index contributed by atoms with van der Waals surface area (Å²) in [5.41, 5.74) is 0.958. The Kier molecular flexibility index (Phi) is 6.52. The van der Waals surface area contributed by atoms with Crippen LogP contribution in [0.1, 0.15) is 13.3 Å². The van der Waals surface area contributed by atoms with E-state index in [4.69, 9.17) is 21.1 Å². The van der Waals surface area contributed by atoms with Crippen LogP contribution in [0.3, 0.4) is 0 Å². The number of nitrogens with zero attached hydrogens (tertiary/aromatic N) is 1. The molecule has 1 aliphatic rings. The molecule has 1 heterocycles. The van der Waals surface area contributed by atoms with Crippen molar-refractivity contribution in [2.45, 2.75) is 18.2 Å². The molecule has 30 heavy (non-hydrogen) atoms. The number of benzene rings is 2. The second kappa shape index (κ2) is 8.93. The molecule has 160 valence electrons. The van der Waals surface area contributed by atoms with Gasteiger partial charge in [0.1, 0.15) is 11.5 Å². The van der Waals surface area contributed by atoms with E-state index in [2.05, 4.69) is 5.32 Å². The number of amides is 2. The summed E-state index contributed by atoms with van der Waals surface area (Å²) in [6, 6.07) is 9.54. The lowest BCUT2D eigenvalue weighted by molar-refractivity contribution is -0.119. The first-order chi connectivity index (χ1) is 14.2. The highest BCUT2D eigenvalue weighted by molar-refractivity contribution is 7.91. The highest BCUT2D eigenvalue weighted by atomic mass is 35.5. The lowest BCUT2D eigenvalue weighted by Crippen LogP contribution is -2.32. The van der Waals surface area contributed by atoms with E-state index in [1.54, 1.807) is 31.4 Å². The summed E-state index contributed by atoms with van der Waals surface area (Å²) in [4.78, 5) is 25.4. The molecular weight excluding hydrogens is 432 g/mol. The second-order valence-corrected chi connectivity index (χ2v) is 9.01. The number of methoxy groups -OCH3 is 1. The summed E-state index contributed by atoms with van der Waals surface area (Å²) >= 11 is 6.13. The van der Waals surface area contributed by atoms with Gasteiger partial charge in [0.15, 0.2) is 16.4 Å². The lowest BCUT2D eigenvalue weighted by atomic mass is 10.2. The minimum absolute atomic E-state index is 0.0468. The Morgan fingerprint density at radius 3 is 2.60 bits per heavy atom. The monoisotopic (exact) mass is 452 g/mol. The number of carbonyl (C=O) groups excluding carboxylic acids is 2. The van der Waals surface area contributed by atoms with Gasteiger partial charge in [-0.25, -0.2) is 8.42 Å². The predicted octanol–water partition coefficient (Wildman–Crippen LogP) is 2.90. The van der Waals surface area contributed by atoms with Crippen molar-refractivity contribution >= 4 is 44.6 Å². The van der Waals surface area contributed by atoms with Crippen molar-refractivity contribution in [1.29, 1.82) is 0 Å². The zero-order valence-electron chi connectivity index (χ0n) is 16.5. The van der Waals surface area contributed by atoms with E-state index in [0.29, 0.717) is 23.7 Å². The molecule has 8 nitrogen and oxygen atoms in total. The van der Waals surface area contributed by atoms with Gasteiger partial charge in [-0.3, -0.25) is 9.59 Å². The molecule has 2 aromatic rings. The van der Waals surface area contributed by atoms with Crippen LogP contribution in [0.15, 0.2) is 41.3 Å². The molecule has 0 atom stereocenters. The summed E-state index contributed by atoms with van der Waals surface area (Å²) in [5, 5.41) is 2.52. The number of nitrogens with one attached hydrogen (secondary N) is 1. The van der Waals surface area contributed by atoms with Crippen LogP contribution in [0, 0.1) is 0 Å². The maximum absolute atomic E-state index is 12.8. The van der Waals surface area contributed by atoms with Crippen LogP contribution in [0.4, 0.5) is 11.4 Å². The summed E-state index contributed by atoms with van der Waals surface area (Å²) in [5.74, 6) is -0.215. The highest BCUT2D eigenvalue weighted by Gasteiger charge is 2.26. The smallest absolute Gasteiger partial charge is 0.262 e. The first kappa shape index (κ1) is 21.9. The SMILES string of the molecule is CCN(C(=O)CCS(=O)(=O)c1cc2c(cc1Cl)NC(=O)CO2)c1ccc(OC)cc1. The van der Waals surface area contributed by atoms with Gasteiger partial charge in [0.2, 0.25) is 5.91 Å². The minimum atomic E-state index is -3.86. The van der Waals surface area contributed by atoms with E-state index in [1.165, 1.54) is 17.0 Å². The van der Waals surface area contributed by atoms with E-state index in [0.717, 1.165) is 0 Å². The largest absolute Gasteiger partial charge is 0.497 e. The van der Waals surface area contributed by atoms with Gasteiger partial charge in [0.05, 0.1) is 28.5 Å². The molecule has 1 aliphatic heterocycles. The Bertz CT molecular complexity index is 1070. The molecule has 0 aliphatic carbocycles. The third-order valence-corrected chi connectivity index (χ3v) is 6.76. The predicted molar refractivity (Wildman–Crippen MR) is 113 cm³/mol. The van der Waals surface area contributed by atoms with Crippen molar-refractivity contribution in [3.8, 4) is 11.5 Å². The molecule has 1 N–H and O–H groups in total. The standard InChI is InChI=1S/C20H21ClN2O6S/c1-3-23(13-4-6-14(28-2)7-5-13)20(25)8-9-30(26,27)18-11-17-16(10-15(18)21)22-19(24)12-29-17/h4-7,10-11H,3,8-9,12H2,1-2H3,(H,22,24). The number of fused-ring (bicyclic) bond motifs is 1. The van der Waals surface area contributed by atoms with Crippen molar-refractivity contribution in [2.75, 3.05) is 36.2 Å². The first-order valence-corrected chi connectivity index (χ1v) is 11.2. The molecule has 2 aromatic carbocycles. The van der Waals surface area contributed by atoms with Gasteiger partial charge in [-0.1, -0.05) is 11.6 Å². The summed E-state index contributed by atoms with van der Waals surface area (Å²) < 4.78 is 36.0. The van der Waals surface area contributed by atoms with Crippen LogP contribution in [0.25, 0.3) is 0 Å². The molecule has 10 heteroatoms. The average molecular weight is 453 g/mol. The topological polar surface area (TPSA) is 102 Å². The third-order valence-electron chi connectivity index (χ3n) is 4.59. The third kappa shape index (κ3) is 4.68. The quantitative estimate of drug-likeness (QED) is 0.693. The van der Waals surface area contributed by atoms with Crippen LogP contribution >= 0.6 is 11.6 Å². The van der Waals surface area contributed by atoms with Crippen molar-refractivity contribution in [3.05, 3.63) is 41.4 Å². The van der Waals surface area contributed by atoms with Crippen LogP contribution in [-0.4, -0.2) is 46.2 Å². The maximum Gasteiger partial charge on any atom is 0.262 e. The molecule has 0 bridgehead atoms. The normalized spacial score (nSPS) is 13.1. The van der Waals surface area contributed by atoms with Gasteiger partial charge < -0.3 is 19.7 Å². The molecule has 0 aromatic heterocycles. The Labute approximate surface area is 179 Å². The zero-order chi connectivity index (χ0) is 21.9. The lowest BCUT2D eigenvalue weighted by Gasteiger charge is -2.22. The number of rotatable bonds is 7. The molecule has 0 unspecified atom stereocenters. The van der Waals surface area contributed by atoms with Crippen molar-refractivity contribution in [2.24, 2.45) is 0 Å². The number of sulfone groups is 1. The molecule has 0 saturated carbocycles. The first-order valence-electron chi connectivity index (χ1n) is 9.18. The van der Waals surface area contributed by atoms with E-state index in [9.17, 15) is 18.0 Å². The van der Waals surface area contributed by atoms with E-state index in [-0.39, 0.29) is 40.5 Å². The fourth-order valence-electron chi connectivity index (χ4n) is 3.05. The van der Waals surface area contributed by atoms with Gasteiger partial charge in [-0.15, -0.1) is 0 Å². The fourth-order valence-corrected chi connectivity index (χ4v) is 4.87.